The maximum atomic E-state index is 11.5. The molecule has 0 amide bonds. The molecule has 0 heterocycles. The van der Waals surface area contributed by atoms with Crippen LogP contribution in [0.5, 0.6) is 0 Å². The Labute approximate surface area is 90.1 Å². The molecule has 3 nitrogen and oxygen atoms in total. The quantitative estimate of drug-likeness (QED) is 0.557. The predicted molar refractivity (Wildman–Crippen MR) is 56.1 cm³/mol. The summed E-state index contributed by atoms with van der Waals surface area (Å²) in [5.74, 6) is 0.528. The van der Waals surface area contributed by atoms with Gasteiger partial charge >= 0.3 is 5.97 Å². The first-order valence-electron chi connectivity index (χ1n) is 4.84. The van der Waals surface area contributed by atoms with Crippen LogP contribution in [0.2, 0.25) is 0 Å². The summed E-state index contributed by atoms with van der Waals surface area (Å²) in [6, 6.07) is -0.0194. The smallest absolute Gasteiger partial charge is 0.311 e. The summed E-state index contributed by atoms with van der Waals surface area (Å²) in [4.78, 5) is 11.5. The van der Waals surface area contributed by atoms with E-state index in [1.54, 1.807) is 0 Å². The van der Waals surface area contributed by atoms with Crippen molar-refractivity contribution in [3.63, 3.8) is 0 Å². The van der Waals surface area contributed by atoms with Gasteiger partial charge in [0.1, 0.15) is 0 Å². The highest BCUT2D eigenvalue weighted by atomic mass is 35.5. The molecule has 0 radical (unpaired) electrons. The first kappa shape index (κ1) is 11.5. The molecule has 2 aliphatic rings. The van der Waals surface area contributed by atoms with Crippen molar-refractivity contribution in [1.29, 1.82) is 0 Å². The standard InChI is InChI=1S/C10H15NO2.ClH/c1-2-13-10(12)8-6-3-4-7(5-6)9(8)11;/h3-4,6-9H,2,5,11H2,1H3;1H/t6-,7+,8-,9+;/m0./s1. The minimum atomic E-state index is -0.119. The largest absolute Gasteiger partial charge is 0.466 e. The lowest BCUT2D eigenvalue weighted by molar-refractivity contribution is -0.149. The number of allylic oxidation sites excluding steroid dienone is 1. The summed E-state index contributed by atoms with van der Waals surface area (Å²) in [5.41, 5.74) is 5.94. The highest BCUT2D eigenvalue weighted by Crippen LogP contribution is 2.43. The van der Waals surface area contributed by atoms with Crippen molar-refractivity contribution in [2.24, 2.45) is 23.5 Å². The summed E-state index contributed by atoms with van der Waals surface area (Å²) in [6.45, 7) is 2.27. The molecular formula is C10H16ClNO2. The molecule has 14 heavy (non-hydrogen) atoms. The third-order valence-corrected chi connectivity index (χ3v) is 3.08. The van der Waals surface area contributed by atoms with Crippen LogP contribution in [-0.2, 0) is 9.53 Å². The monoisotopic (exact) mass is 217 g/mol. The topological polar surface area (TPSA) is 52.3 Å². The Balaban J connectivity index is 0.000000980. The van der Waals surface area contributed by atoms with Crippen LogP contribution >= 0.6 is 12.4 Å². The second kappa shape index (κ2) is 4.32. The van der Waals surface area contributed by atoms with Crippen LogP contribution < -0.4 is 5.73 Å². The van der Waals surface area contributed by atoms with Gasteiger partial charge in [0.2, 0.25) is 0 Å². The van der Waals surface area contributed by atoms with E-state index in [4.69, 9.17) is 10.5 Å². The van der Waals surface area contributed by atoms with E-state index in [1.165, 1.54) is 0 Å². The fraction of sp³-hybridized carbons (Fsp3) is 0.700. The van der Waals surface area contributed by atoms with E-state index in [1.807, 2.05) is 6.92 Å². The Hall–Kier alpha value is -0.540. The lowest BCUT2D eigenvalue weighted by Gasteiger charge is -2.22. The number of fused-ring (bicyclic) bond motifs is 2. The zero-order valence-electron chi connectivity index (χ0n) is 8.18. The molecule has 4 atom stereocenters. The fourth-order valence-corrected chi connectivity index (χ4v) is 2.43. The molecule has 2 aliphatic carbocycles. The first-order chi connectivity index (χ1) is 6.24. The minimum absolute atomic E-state index is 0. The van der Waals surface area contributed by atoms with Crippen LogP contribution in [-0.4, -0.2) is 18.6 Å². The number of nitrogens with two attached hydrogens (primary N) is 1. The van der Waals surface area contributed by atoms with Crippen molar-refractivity contribution in [3.8, 4) is 0 Å². The van der Waals surface area contributed by atoms with Gasteiger partial charge in [0.15, 0.2) is 0 Å². The second-order valence-corrected chi connectivity index (χ2v) is 3.80. The molecule has 1 fully saturated rings. The van der Waals surface area contributed by atoms with Crippen LogP contribution in [0.3, 0.4) is 0 Å². The molecule has 0 spiro atoms. The van der Waals surface area contributed by atoms with E-state index >= 15 is 0 Å². The Morgan fingerprint density at radius 2 is 2.14 bits per heavy atom. The molecule has 0 unspecified atom stereocenters. The van der Waals surface area contributed by atoms with Crippen LogP contribution in [0.15, 0.2) is 12.2 Å². The van der Waals surface area contributed by atoms with Crippen LogP contribution in [0.1, 0.15) is 13.3 Å². The number of esters is 1. The lowest BCUT2D eigenvalue weighted by atomic mass is 9.90. The van der Waals surface area contributed by atoms with Gasteiger partial charge < -0.3 is 10.5 Å². The van der Waals surface area contributed by atoms with Gasteiger partial charge in [-0.15, -0.1) is 12.4 Å². The second-order valence-electron chi connectivity index (χ2n) is 3.80. The van der Waals surface area contributed by atoms with E-state index in [0.717, 1.165) is 6.42 Å². The Morgan fingerprint density at radius 3 is 2.64 bits per heavy atom. The first-order valence-corrected chi connectivity index (χ1v) is 4.84. The number of halogens is 1. The fourth-order valence-electron chi connectivity index (χ4n) is 2.43. The van der Waals surface area contributed by atoms with Crippen molar-refractivity contribution in [1.82, 2.24) is 0 Å². The van der Waals surface area contributed by atoms with Gasteiger partial charge in [0.05, 0.1) is 12.5 Å². The van der Waals surface area contributed by atoms with Gasteiger partial charge in [-0.25, -0.2) is 0 Å². The SMILES string of the molecule is CCOC(=O)[C@@H]1[C@H](N)[C@@H]2C=C[C@H]1C2.Cl. The summed E-state index contributed by atoms with van der Waals surface area (Å²) in [6.07, 6.45) is 5.27. The zero-order chi connectivity index (χ0) is 9.42. The van der Waals surface area contributed by atoms with Crippen LogP contribution in [0, 0.1) is 17.8 Å². The molecule has 2 rings (SSSR count). The maximum absolute atomic E-state index is 11.5. The van der Waals surface area contributed by atoms with Crippen molar-refractivity contribution in [2.45, 2.75) is 19.4 Å². The number of rotatable bonds is 2. The number of hydrogen-bond acceptors (Lipinski definition) is 3. The van der Waals surface area contributed by atoms with Gasteiger partial charge in [-0.1, -0.05) is 12.2 Å². The molecule has 0 saturated heterocycles. The Kier molecular flexibility index (Phi) is 3.56. The summed E-state index contributed by atoms with van der Waals surface area (Å²) in [7, 11) is 0. The normalized spacial score (nSPS) is 38.1. The van der Waals surface area contributed by atoms with E-state index < -0.39 is 0 Å². The Bertz CT molecular complexity index is 255. The molecule has 0 aromatic rings. The lowest BCUT2D eigenvalue weighted by Crippen LogP contribution is -2.39. The van der Waals surface area contributed by atoms with Crippen molar-refractivity contribution in [2.75, 3.05) is 6.61 Å². The zero-order valence-corrected chi connectivity index (χ0v) is 9.00. The van der Waals surface area contributed by atoms with E-state index in [2.05, 4.69) is 12.2 Å². The molecule has 0 aromatic heterocycles. The van der Waals surface area contributed by atoms with Gasteiger partial charge in [-0.05, 0) is 25.2 Å². The molecule has 80 valence electrons. The van der Waals surface area contributed by atoms with Crippen molar-refractivity contribution < 1.29 is 9.53 Å². The number of carbonyl (C=O) groups excluding carboxylic acids is 1. The number of carbonyl (C=O) groups is 1. The maximum Gasteiger partial charge on any atom is 0.311 e. The molecule has 2 N–H and O–H groups in total. The average Bonchev–Trinajstić information content (AvgIpc) is 2.63. The van der Waals surface area contributed by atoms with Gasteiger partial charge in [-0.2, -0.15) is 0 Å². The molecule has 1 saturated carbocycles. The van der Waals surface area contributed by atoms with Crippen molar-refractivity contribution in [3.05, 3.63) is 12.2 Å². The number of hydrogen-bond donors (Lipinski definition) is 1. The predicted octanol–water partition coefficient (Wildman–Crippen LogP) is 1.12. The van der Waals surface area contributed by atoms with E-state index in [-0.39, 0.29) is 30.3 Å². The number of ether oxygens (including phenoxy) is 1. The van der Waals surface area contributed by atoms with Gasteiger partial charge in [0, 0.05) is 6.04 Å². The van der Waals surface area contributed by atoms with Crippen LogP contribution in [0.25, 0.3) is 0 Å². The minimum Gasteiger partial charge on any atom is -0.466 e. The highest BCUT2D eigenvalue weighted by Gasteiger charge is 2.46. The molecule has 2 bridgehead atoms. The van der Waals surface area contributed by atoms with Crippen molar-refractivity contribution >= 4 is 18.4 Å². The molecular weight excluding hydrogens is 202 g/mol. The average molecular weight is 218 g/mol. The third-order valence-electron chi connectivity index (χ3n) is 3.08. The van der Waals surface area contributed by atoms with E-state index in [0.29, 0.717) is 18.4 Å². The molecule has 0 aliphatic heterocycles. The molecule has 0 aromatic carbocycles. The summed E-state index contributed by atoms with van der Waals surface area (Å²) < 4.78 is 5.00. The van der Waals surface area contributed by atoms with E-state index in [9.17, 15) is 4.79 Å². The van der Waals surface area contributed by atoms with Gasteiger partial charge in [0.25, 0.3) is 0 Å². The third kappa shape index (κ3) is 1.66. The van der Waals surface area contributed by atoms with Gasteiger partial charge in [-0.3, -0.25) is 4.79 Å². The summed E-state index contributed by atoms with van der Waals surface area (Å²) in [5, 5.41) is 0. The highest BCUT2D eigenvalue weighted by molar-refractivity contribution is 5.85. The Morgan fingerprint density at radius 1 is 1.50 bits per heavy atom. The summed E-state index contributed by atoms with van der Waals surface area (Å²) >= 11 is 0. The molecule has 4 heteroatoms. The van der Waals surface area contributed by atoms with Crippen LogP contribution in [0.4, 0.5) is 0 Å².